The summed E-state index contributed by atoms with van der Waals surface area (Å²) >= 11 is 0. The summed E-state index contributed by atoms with van der Waals surface area (Å²) in [5.41, 5.74) is 10.4. The second kappa shape index (κ2) is 9.66. The van der Waals surface area contributed by atoms with Crippen LogP contribution in [-0.4, -0.2) is 26.1 Å². The van der Waals surface area contributed by atoms with Gasteiger partial charge in [0.25, 0.3) is 5.91 Å². The second-order valence-corrected chi connectivity index (χ2v) is 7.72. The van der Waals surface area contributed by atoms with Gasteiger partial charge in [0, 0.05) is 37.2 Å². The molecule has 0 saturated heterocycles. The van der Waals surface area contributed by atoms with Gasteiger partial charge in [-0.3, -0.25) is 14.9 Å². The molecular weight excluding hydrogens is 414 g/mol. The van der Waals surface area contributed by atoms with E-state index >= 15 is 0 Å². The Balaban J connectivity index is 1.31. The summed E-state index contributed by atoms with van der Waals surface area (Å²) in [6.45, 7) is 1.63. The standard InChI is InChI=1S/C25H23N7O/c26-11-21-9-10-31(15-21)14-19-1-3-20(4-2-19)16-32-17-23(13-30-32)25(33)29-12-18-5-7-22(8-6-18)24(27)28/h1-10,13,15,17H,12,14,16H2,(H3,27,28)(H,29,33). The van der Waals surface area contributed by atoms with Crippen molar-refractivity contribution in [2.75, 3.05) is 0 Å². The van der Waals surface area contributed by atoms with Gasteiger partial charge in [0.1, 0.15) is 11.9 Å². The van der Waals surface area contributed by atoms with Gasteiger partial charge < -0.3 is 15.6 Å². The predicted molar refractivity (Wildman–Crippen MR) is 125 cm³/mol. The summed E-state index contributed by atoms with van der Waals surface area (Å²) in [5, 5.41) is 23.5. The van der Waals surface area contributed by atoms with Gasteiger partial charge in [-0.2, -0.15) is 10.4 Å². The molecular formula is C25H23N7O. The van der Waals surface area contributed by atoms with Gasteiger partial charge in [0.15, 0.2) is 0 Å². The lowest BCUT2D eigenvalue weighted by atomic mass is 10.1. The third-order valence-corrected chi connectivity index (χ3v) is 5.23. The number of rotatable bonds is 8. The average molecular weight is 438 g/mol. The van der Waals surface area contributed by atoms with E-state index in [-0.39, 0.29) is 11.7 Å². The van der Waals surface area contributed by atoms with E-state index in [9.17, 15) is 4.79 Å². The molecule has 0 aliphatic rings. The fourth-order valence-corrected chi connectivity index (χ4v) is 3.41. The minimum atomic E-state index is -0.198. The molecule has 0 fully saturated rings. The topological polar surface area (TPSA) is 126 Å². The van der Waals surface area contributed by atoms with Crippen molar-refractivity contribution in [2.45, 2.75) is 19.6 Å². The van der Waals surface area contributed by atoms with E-state index in [1.54, 1.807) is 35.3 Å². The number of amides is 1. The molecule has 4 rings (SSSR count). The minimum Gasteiger partial charge on any atom is -0.384 e. The van der Waals surface area contributed by atoms with Crippen LogP contribution in [0.1, 0.15) is 38.2 Å². The summed E-state index contributed by atoms with van der Waals surface area (Å²) in [6.07, 6.45) is 7.00. The molecule has 0 radical (unpaired) electrons. The van der Waals surface area contributed by atoms with Crippen molar-refractivity contribution in [3.63, 3.8) is 0 Å². The Hall–Kier alpha value is -4.64. The molecule has 0 spiro atoms. The molecule has 8 heteroatoms. The number of aromatic nitrogens is 3. The Morgan fingerprint density at radius 2 is 1.64 bits per heavy atom. The van der Waals surface area contributed by atoms with Gasteiger partial charge >= 0.3 is 0 Å². The highest BCUT2D eigenvalue weighted by molar-refractivity contribution is 5.95. The molecule has 0 unspecified atom stereocenters. The lowest BCUT2D eigenvalue weighted by Gasteiger charge is -2.06. The number of benzene rings is 2. The molecule has 2 aromatic carbocycles. The number of nitrogens with zero attached hydrogens (tertiary/aromatic N) is 4. The van der Waals surface area contributed by atoms with Gasteiger partial charge in [0.05, 0.1) is 23.9 Å². The van der Waals surface area contributed by atoms with Crippen molar-refractivity contribution in [1.82, 2.24) is 19.7 Å². The monoisotopic (exact) mass is 437 g/mol. The van der Waals surface area contributed by atoms with Crippen LogP contribution in [0.3, 0.4) is 0 Å². The highest BCUT2D eigenvalue weighted by atomic mass is 16.1. The smallest absolute Gasteiger partial charge is 0.254 e. The molecule has 2 aromatic heterocycles. The van der Waals surface area contributed by atoms with Gasteiger partial charge in [-0.25, -0.2) is 0 Å². The number of nitriles is 1. The number of hydrogen-bond donors (Lipinski definition) is 3. The van der Waals surface area contributed by atoms with Crippen molar-refractivity contribution in [3.05, 3.63) is 113 Å². The summed E-state index contributed by atoms with van der Waals surface area (Å²) < 4.78 is 3.71. The van der Waals surface area contributed by atoms with Gasteiger partial charge in [-0.15, -0.1) is 0 Å². The van der Waals surface area contributed by atoms with E-state index in [1.165, 1.54) is 0 Å². The average Bonchev–Trinajstić information content (AvgIpc) is 3.48. The number of amidine groups is 1. The predicted octanol–water partition coefficient (Wildman–Crippen LogP) is 2.87. The molecule has 4 N–H and O–H groups in total. The number of nitrogens with two attached hydrogens (primary N) is 1. The first-order valence-corrected chi connectivity index (χ1v) is 10.4. The normalized spacial score (nSPS) is 10.5. The van der Waals surface area contributed by atoms with Crippen LogP contribution in [-0.2, 0) is 19.6 Å². The first-order chi connectivity index (χ1) is 16.0. The third kappa shape index (κ3) is 5.54. The molecule has 164 valence electrons. The molecule has 4 aromatic rings. The Labute approximate surface area is 191 Å². The zero-order chi connectivity index (χ0) is 23.2. The highest BCUT2D eigenvalue weighted by Crippen LogP contribution is 2.10. The molecule has 8 nitrogen and oxygen atoms in total. The number of carbonyl (C=O) groups excluding carboxylic acids is 1. The van der Waals surface area contributed by atoms with Crippen LogP contribution in [0.4, 0.5) is 0 Å². The van der Waals surface area contributed by atoms with E-state index in [4.69, 9.17) is 16.4 Å². The lowest BCUT2D eigenvalue weighted by molar-refractivity contribution is 0.0951. The zero-order valence-electron chi connectivity index (χ0n) is 17.9. The SMILES string of the molecule is N#Cc1ccn(Cc2ccc(Cn3cc(C(=O)NCc4ccc(C(=N)N)cc4)cn3)cc2)c1. The number of nitrogen functional groups attached to an aromatic ring is 1. The maximum absolute atomic E-state index is 12.5. The Morgan fingerprint density at radius 1 is 0.970 bits per heavy atom. The number of nitrogens with one attached hydrogen (secondary N) is 2. The maximum atomic E-state index is 12.5. The van der Waals surface area contributed by atoms with Crippen LogP contribution in [0.2, 0.25) is 0 Å². The molecule has 2 heterocycles. The second-order valence-electron chi connectivity index (χ2n) is 7.72. The Morgan fingerprint density at radius 3 is 2.27 bits per heavy atom. The highest BCUT2D eigenvalue weighted by Gasteiger charge is 2.09. The van der Waals surface area contributed by atoms with Crippen LogP contribution in [0.15, 0.2) is 79.4 Å². The first kappa shape index (κ1) is 21.6. The van der Waals surface area contributed by atoms with Gasteiger partial charge in [-0.1, -0.05) is 48.5 Å². The summed E-state index contributed by atoms with van der Waals surface area (Å²) in [4.78, 5) is 12.5. The summed E-state index contributed by atoms with van der Waals surface area (Å²) in [5.74, 6) is -0.182. The van der Waals surface area contributed by atoms with Crippen LogP contribution in [0.25, 0.3) is 0 Å². The quantitative estimate of drug-likeness (QED) is 0.289. The van der Waals surface area contributed by atoms with Crippen molar-refractivity contribution in [3.8, 4) is 6.07 Å². The van der Waals surface area contributed by atoms with Gasteiger partial charge in [0.2, 0.25) is 0 Å². The van der Waals surface area contributed by atoms with E-state index in [0.717, 1.165) is 16.7 Å². The van der Waals surface area contributed by atoms with E-state index in [0.29, 0.717) is 36.3 Å². The Bertz CT molecular complexity index is 1310. The molecule has 1 amide bonds. The van der Waals surface area contributed by atoms with Crippen LogP contribution in [0.5, 0.6) is 0 Å². The maximum Gasteiger partial charge on any atom is 0.254 e. The van der Waals surface area contributed by atoms with Crippen molar-refractivity contribution < 1.29 is 4.79 Å². The van der Waals surface area contributed by atoms with Crippen LogP contribution < -0.4 is 11.1 Å². The summed E-state index contributed by atoms with van der Waals surface area (Å²) in [6, 6.07) is 19.3. The van der Waals surface area contributed by atoms with E-state index in [1.807, 2.05) is 41.2 Å². The fourth-order valence-electron chi connectivity index (χ4n) is 3.41. The van der Waals surface area contributed by atoms with Crippen molar-refractivity contribution in [1.29, 1.82) is 10.7 Å². The van der Waals surface area contributed by atoms with Gasteiger partial charge in [-0.05, 0) is 22.8 Å². The van der Waals surface area contributed by atoms with E-state index in [2.05, 4.69) is 28.6 Å². The van der Waals surface area contributed by atoms with Crippen LogP contribution in [0, 0.1) is 16.7 Å². The van der Waals surface area contributed by atoms with E-state index < -0.39 is 0 Å². The molecule has 0 aliphatic heterocycles. The number of hydrogen-bond acceptors (Lipinski definition) is 4. The molecule has 0 bridgehead atoms. The first-order valence-electron chi connectivity index (χ1n) is 10.4. The lowest BCUT2D eigenvalue weighted by Crippen LogP contribution is -2.22. The summed E-state index contributed by atoms with van der Waals surface area (Å²) in [7, 11) is 0. The van der Waals surface area contributed by atoms with Crippen molar-refractivity contribution >= 4 is 11.7 Å². The van der Waals surface area contributed by atoms with Crippen molar-refractivity contribution in [2.24, 2.45) is 5.73 Å². The molecule has 0 saturated carbocycles. The fraction of sp³-hybridized carbons (Fsp3) is 0.120. The largest absolute Gasteiger partial charge is 0.384 e. The van der Waals surface area contributed by atoms with Crippen LogP contribution >= 0.6 is 0 Å². The number of carbonyl (C=O) groups is 1. The molecule has 0 aliphatic carbocycles. The molecule has 33 heavy (non-hydrogen) atoms. The Kier molecular flexibility index (Phi) is 6.32. The zero-order valence-corrected chi connectivity index (χ0v) is 17.9. The third-order valence-electron chi connectivity index (χ3n) is 5.23. The minimum absolute atomic E-state index is 0.0164. The molecule has 0 atom stereocenters.